The molecule has 7 heteroatoms. The monoisotopic (exact) mass is 246 g/mol. The Labute approximate surface area is 99.3 Å². The van der Waals surface area contributed by atoms with Crippen LogP contribution in [0.3, 0.4) is 0 Å². The minimum Gasteiger partial charge on any atom is -0.423 e. The van der Waals surface area contributed by atoms with Crippen LogP contribution in [0.5, 0.6) is 0 Å². The molecule has 0 aromatic carbocycles. The predicted octanol–water partition coefficient (Wildman–Crippen LogP) is 1.91. The fourth-order valence-electron chi connectivity index (χ4n) is 1.56. The molecular formula is C10H6N4O2S. The van der Waals surface area contributed by atoms with Gasteiger partial charge < -0.3 is 9.73 Å². The summed E-state index contributed by atoms with van der Waals surface area (Å²) in [5.74, 6) is 0.373. The summed E-state index contributed by atoms with van der Waals surface area (Å²) in [6.07, 6.45) is 3.56. The molecule has 0 aliphatic carbocycles. The number of aromatic nitrogens is 3. The summed E-state index contributed by atoms with van der Waals surface area (Å²) in [7, 11) is 0. The largest absolute Gasteiger partial charge is 0.423 e. The Hall–Kier alpha value is -2.28. The maximum absolute atomic E-state index is 10.6. The zero-order valence-electron chi connectivity index (χ0n) is 8.45. The van der Waals surface area contributed by atoms with Gasteiger partial charge in [-0.25, -0.2) is 4.98 Å². The number of pyridine rings is 1. The summed E-state index contributed by atoms with van der Waals surface area (Å²) in [6.45, 7) is 0. The van der Waals surface area contributed by atoms with Crippen LogP contribution >= 0.6 is 11.3 Å². The SMILES string of the molecule is O=CNc1c(-c2nnco2)sc2ncccc12. The van der Waals surface area contributed by atoms with Gasteiger partial charge in [-0.3, -0.25) is 4.79 Å². The molecule has 0 radical (unpaired) electrons. The van der Waals surface area contributed by atoms with E-state index in [1.54, 1.807) is 6.20 Å². The van der Waals surface area contributed by atoms with Crippen molar-refractivity contribution in [3.63, 3.8) is 0 Å². The van der Waals surface area contributed by atoms with Crippen molar-refractivity contribution in [2.45, 2.75) is 0 Å². The summed E-state index contributed by atoms with van der Waals surface area (Å²) in [6, 6.07) is 3.69. The van der Waals surface area contributed by atoms with Crippen LogP contribution in [0.4, 0.5) is 5.69 Å². The van der Waals surface area contributed by atoms with Crippen molar-refractivity contribution in [3.8, 4) is 10.8 Å². The zero-order valence-corrected chi connectivity index (χ0v) is 9.27. The van der Waals surface area contributed by atoms with Gasteiger partial charge in [0.25, 0.3) is 5.89 Å². The zero-order chi connectivity index (χ0) is 11.7. The van der Waals surface area contributed by atoms with Gasteiger partial charge in [0.1, 0.15) is 9.71 Å². The Morgan fingerprint density at radius 3 is 3.18 bits per heavy atom. The first kappa shape index (κ1) is 9.91. The van der Waals surface area contributed by atoms with Crippen LogP contribution in [0.1, 0.15) is 0 Å². The second-order valence-corrected chi connectivity index (χ2v) is 4.17. The van der Waals surface area contributed by atoms with Crippen molar-refractivity contribution in [2.24, 2.45) is 0 Å². The fraction of sp³-hybridized carbons (Fsp3) is 0. The second-order valence-electron chi connectivity index (χ2n) is 3.17. The molecule has 1 N–H and O–H groups in total. The van der Waals surface area contributed by atoms with Gasteiger partial charge in [-0.15, -0.1) is 21.5 Å². The summed E-state index contributed by atoms with van der Waals surface area (Å²) in [5, 5.41) is 11.0. The van der Waals surface area contributed by atoms with Crippen LogP contribution in [0.25, 0.3) is 21.0 Å². The lowest BCUT2D eigenvalue weighted by Gasteiger charge is -1.97. The quantitative estimate of drug-likeness (QED) is 0.714. The first-order chi connectivity index (χ1) is 8.40. The molecule has 3 aromatic heterocycles. The maximum atomic E-state index is 10.6. The molecule has 0 bridgehead atoms. The van der Waals surface area contributed by atoms with Crippen LogP contribution in [0.15, 0.2) is 29.1 Å². The lowest BCUT2D eigenvalue weighted by molar-refractivity contribution is -0.105. The minimum absolute atomic E-state index is 0.373. The van der Waals surface area contributed by atoms with E-state index in [4.69, 9.17) is 4.42 Å². The van der Waals surface area contributed by atoms with Crippen molar-refractivity contribution in [1.29, 1.82) is 0 Å². The molecule has 3 aromatic rings. The van der Waals surface area contributed by atoms with Gasteiger partial charge in [-0.2, -0.15) is 0 Å². The van der Waals surface area contributed by atoms with Crippen molar-refractivity contribution in [1.82, 2.24) is 15.2 Å². The lowest BCUT2D eigenvalue weighted by atomic mass is 10.2. The molecule has 3 heterocycles. The Morgan fingerprint density at radius 2 is 2.41 bits per heavy atom. The number of hydrogen-bond acceptors (Lipinski definition) is 6. The molecule has 0 spiro atoms. The topological polar surface area (TPSA) is 80.9 Å². The van der Waals surface area contributed by atoms with E-state index in [0.29, 0.717) is 22.9 Å². The van der Waals surface area contributed by atoms with Gasteiger partial charge in [0.2, 0.25) is 12.8 Å². The van der Waals surface area contributed by atoms with Crippen molar-refractivity contribution >= 4 is 33.7 Å². The predicted molar refractivity (Wildman–Crippen MR) is 62.6 cm³/mol. The van der Waals surface area contributed by atoms with E-state index in [0.717, 1.165) is 10.2 Å². The number of anilines is 1. The van der Waals surface area contributed by atoms with E-state index in [9.17, 15) is 4.79 Å². The second kappa shape index (κ2) is 3.95. The Kier molecular flexibility index (Phi) is 2.30. The van der Waals surface area contributed by atoms with Gasteiger partial charge >= 0.3 is 0 Å². The maximum Gasteiger partial charge on any atom is 0.259 e. The van der Waals surface area contributed by atoms with Crippen molar-refractivity contribution < 1.29 is 9.21 Å². The third-order valence-corrected chi connectivity index (χ3v) is 3.33. The molecule has 6 nitrogen and oxygen atoms in total. The number of carbonyl (C=O) groups excluding carboxylic acids is 1. The first-order valence-corrected chi connectivity index (χ1v) is 5.56. The van der Waals surface area contributed by atoms with Crippen molar-refractivity contribution in [3.05, 3.63) is 24.7 Å². The van der Waals surface area contributed by atoms with Gasteiger partial charge in [-0.1, -0.05) is 0 Å². The normalized spacial score (nSPS) is 10.6. The third-order valence-electron chi connectivity index (χ3n) is 2.22. The number of amides is 1. The molecule has 3 rings (SSSR count). The number of nitrogens with one attached hydrogen (secondary N) is 1. The molecule has 0 saturated carbocycles. The van der Waals surface area contributed by atoms with Gasteiger partial charge in [-0.05, 0) is 12.1 Å². The van der Waals surface area contributed by atoms with Crippen LogP contribution in [-0.4, -0.2) is 21.6 Å². The number of nitrogens with zero attached hydrogens (tertiary/aromatic N) is 3. The highest BCUT2D eigenvalue weighted by molar-refractivity contribution is 7.22. The highest BCUT2D eigenvalue weighted by atomic mass is 32.1. The van der Waals surface area contributed by atoms with Gasteiger partial charge in [0.05, 0.1) is 5.69 Å². The summed E-state index contributed by atoms with van der Waals surface area (Å²) in [5.41, 5.74) is 0.650. The lowest BCUT2D eigenvalue weighted by Crippen LogP contribution is -1.94. The molecule has 1 amide bonds. The third kappa shape index (κ3) is 1.56. The van der Waals surface area contributed by atoms with E-state index in [-0.39, 0.29) is 0 Å². The molecule has 0 atom stereocenters. The van der Waals surface area contributed by atoms with E-state index < -0.39 is 0 Å². The molecule has 0 unspecified atom stereocenters. The highest BCUT2D eigenvalue weighted by Gasteiger charge is 2.17. The summed E-state index contributed by atoms with van der Waals surface area (Å²) in [4.78, 5) is 16.4. The number of thiophene rings is 1. The summed E-state index contributed by atoms with van der Waals surface area (Å²) >= 11 is 1.39. The fourth-order valence-corrected chi connectivity index (χ4v) is 2.59. The number of fused-ring (bicyclic) bond motifs is 1. The van der Waals surface area contributed by atoms with E-state index >= 15 is 0 Å². The number of rotatable bonds is 3. The molecule has 0 aliphatic heterocycles. The Morgan fingerprint density at radius 1 is 1.47 bits per heavy atom. The molecule has 17 heavy (non-hydrogen) atoms. The van der Waals surface area contributed by atoms with E-state index in [1.807, 2.05) is 12.1 Å². The molecule has 84 valence electrons. The molecule has 0 aliphatic rings. The number of hydrogen-bond donors (Lipinski definition) is 1. The highest BCUT2D eigenvalue weighted by Crippen LogP contribution is 2.40. The average molecular weight is 246 g/mol. The van der Waals surface area contributed by atoms with Crippen LogP contribution in [0.2, 0.25) is 0 Å². The molecular weight excluding hydrogens is 240 g/mol. The molecule has 0 saturated heterocycles. The summed E-state index contributed by atoms with van der Waals surface area (Å²) < 4.78 is 5.14. The Bertz CT molecular complexity index is 662. The van der Waals surface area contributed by atoms with E-state index in [2.05, 4.69) is 20.5 Å². The first-order valence-electron chi connectivity index (χ1n) is 4.74. The van der Waals surface area contributed by atoms with Crippen LogP contribution in [-0.2, 0) is 4.79 Å². The standard InChI is InChI=1S/C10H6N4O2S/c15-4-12-7-6-2-1-3-11-10(6)17-8(7)9-14-13-5-16-9/h1-5H,(H,12,15). The van der Waals surface area contributed by atoms with Crippen LogP contribution in [0, 0.1) is 0 Å². The van der Waals surface area contributed by atoms with Crippen molar-refractivity contribution in [2.75, 3.05) is 5.32 Å². The van der Waals surface area contributed by atoms with Gasteiger partial charge in [0, 0.05) is 11.6 Å². The molecule has 0 fully saturated rings. The van der Waals surface area contributed by atoms with E-state index in [1.165, 1.54) is 17.7 Å². The Balaban J connectivity index is 2.29. The smallest absolute Gasteiger partial charge is 0.259 e. The average Bonchev–Trinajstić information content (AvgIpc) is 2.97. The minimum atomic E-state index is 0.373. The van der Waals surface area contributed by atoms with Gasteiger partial charge in [0.15, 0.2) is 0 Å². The number of carbonyl (C=O) groups is 1. The van der Waals surface area contributed by atoms with Crippen LogP contribution < -0.4 is 5.32 Å².